The van der Waals surface area contributed by atoms with Gasteiger partial charge in [-0.05, 0) is 31.8 Å². The van der Waals surface area contributed by atoms with Crippen molar-refractivity contribution in [3.63, 3.8) is 0 Å². The molecule has 1 saturated heterocycles. The van der Waals surface area contributed by atoms with Crippen LogP contribution in [0.3, 0.4) is 0 Å². The van der Waals surface area contributed by atoms with Crippen LogP contribution in [0.25, 0.3) is 0 Å². The monoisotopic (exact) mass is 222 g/mol. The standard InChI is InChI=1S/C11H18N4O/c16-9-1-2-11-13-10(14-15(11)7-9)5-8-3-4-12-6-8/h8-9,12,16H,1-7H2. The van der Waals surface area contributed by atoms with Crippen molar-refractivity contribution in [1.29, 1.82) is 0 Å². The molecule has 0 amide bonds. The molecule has 3 rings (SSSR count). The van der Waals surface area contributed by atoms with Crippen LogP contribution < -0.4 is 5.32 Å². The van der Waals surface area contributed by atoms with Crippen LogP contribution in [-0.4, -0.2) is 39.1 Å². The predicted octanol–water partition coefficient (Wildman–Crippen LogP) is -0.263. The lowest BCUT2D eigenvalue weighted by molar-refractivity contribution is 0.124. The Morgan fingerprint density at radius 3 is 3.19 bits per heavy atom. The fourth-order valence-electron chi connectivity index (χ4n) is 2.58. The summed E-state index contributed by atoms with van der Waals surface area (Å²) in [5, 5.41) is 17.4. The number of nitrogens with zero attached hydrogens (tertiary/aromatic N) is 3. The Kier molecular flexibility index (Phi) is 2.65. The van der Waals surface area contributed by atoms with Gasteiger partial charge in [-0.3, -0.25) is 0 Å². The van der Waals surface area contributed by atoms with Crippen molar-refractivity contribution in [2.45, 2.75) is 38.3 Å². The number of hydrogen-bond donors (Lipinski definition) is 2. The molecule has 5 nitrogen and oxygen atoms in total. The molecule has 0 spiro atoms. The first-order valence-electron chi connectivity index (χ1n) is 6.12. The van der Waals surface area contributed by atoms with Crippen molar-refractivity contribution in [3.05, 3.63) is 11.6 Å². The van der Waals surface area contributed by atoms with Crippen LogP contribution in [0, 0.1) is 5.92 Å². The maximum absolute atomic E-state index is 9.55. The Balaban J connectivity index is 1.71. The van der Waals surface area contributed by atoms with E-state index >= 15 is 0 Å². The van der Waals surface area contributed by atoms with Gasteiger partial charge in [0.2, 0.25) is 0 Å². The van der Waals surface area contributed by atoms with E-state index in [4.69, 9.17) is 0 Å². The molecule has 1 fully saturated rings. The fraction of sp³-hybridized carbons (Fsp3) is 0.818. The molecule has 3 heterocycles. The third kappa shape index (κ3) is 1.97. The van der Waals surface area contributed by atoms with Gasteiger partial charge in [0.1, 0.15) is 5.82 Å². The van der Waals surface area contributed by atoms with Crippen molar-refractivity contribution in [3.8, 4) is 0 Å². The zero-order chi connectivity index (χ0) is 11.0. The van der Waals surface area contributed by atoms with Crippen molar-refractivity contribution < 1.29 is 5.11 Å². The molecule has 0 aromatic carbocycles. The van der Waals surface area contributed by atoms with Gasteiger partial charge in [-0.15, -0.1) is 0 Å². The van der Waals surface area contributed by atoms with Gasteiger partial charge in [0.05, 0.1) is 12.6 Å². The summed E-state index contributed by atoms with van der Waals surface area (Å²) in [7, 11) is 0. The van der Waals surface area contributed by atoms with Crippen molar-refractivity contribution in [2.24, 2.45) is 5.92 Å². The Hall–Kier alpha value is -0.940. The first-order chi connectivity index (χ1) is 7.81. The van der Waals surface area contributed by atoms with Crippen LogP contribution >= 0.6 is 0 Å². The van der Waals surface area contributed by atoms with E-state index < -0.39 is 0 Å². The average Bonchev–Trinajstić information content (AvgIpc) is 2.86. The van der Waals surface area contributed by atoms with Gasteiger partial charge in [0, 0.05) is 12.8 Å². The second-order valence-electron chi connectivity index (χ2n) is 4.88. The number of aliphatic hydroxyl groups excluding tert-OH is 1. The van der Waals surface area contributed by atoms with Gasteiger partial charge in [-0.25, -0.2) is 9.67 Å². The van der Waals surface area contributed by atoms with Gasteiger partial charge in [0.25, 0.3) is 0 Å². The molecule has 16 heavy (non-hydrogen) atoms. The zero-order valence-corrected chi connectivity index (χ0v) is 9.39. The highest BCUT2D eigenvalue weighted by atomic mass is 16.3. The summed E-state index contributed by atoms with van der Waals surface area (Å²) in [4.78, 5) is 4.56. The minimum Gasteiger partial charge on any atom is -0.391 e. The summed E-state index contributed by atoms with van der Waals surface area (Å²) in [5.41, 5.74) is 0. The largest absolute Gasteiger partial charge is 0.391 e. The molecule has 88 valence electrons. The first-order valence-corrected chi connectivity index (χ1v) is 6.12. The van der Waals surface area contributed by atoms with Crippen LogP contribution in [0.2, 0.25) is 0 Å². The van der Waals surface area contributed by atoms with E-state index in [0.29, 0.717) is 12.5 Å². The second-order valence-corrected chi connectivity index (χ2v) is 4.88. The molecule has 0 bridgehead atoms. The van der Waals surface area contributed by atoms with Crippen LogP contribution in [0.1, 0.15) is 24.5 Å². The van der Waals surface area contributed by atoms with E-state index in [1.807, 2.05) is 4.68 Å². The van der Waals surface area contributed by atoms with Crippen LogP contribution in [0.5, 0.6) is 0 Å². The maximum Gasteiger partial charge on any atom is 0.151 e. The van der Waals surface area contributed by atoms with Crippen LogP contribution in [0.4, 0.5) is 0 Å². The number of aryl methyl sites for hydroxylation is 1. The Bertz CT molecular complexity index is 370. The molecule has 5 heteroatoms. The Morgan fingerprint density at radius 2 is 2.38 bits per heavy atom. The van der Waals surface area contributed by atoms with Gasteiger partial charge >= 0.3 is 0 Å². The van der Waals surface area contributed by atoms with Gasteiger partial charge in [0.15, 0.2) is 5.82 Å². The second kappa shape index (κ2) is 4.14. The molecule has 0 radical (unpaired) electrons. The molecule has 0 saturated carbocycles. The quantitative estimate of drug-likeness (QED) is 0.723. The van der Waals surface area contributed by atoms with E-state index in [9.17, 15) is 5.11 Å². The topological polar surface area (TPSA) is 63.0 Å². The molecule has 2 aliphatic heterocycles. The van der Waals surface area contributed by atoms with Crippen molar-refractivity contribution in [2.75, 3.05) is 13.1 Å². The molecule has 0 aliphatic carbocycles. The molecule has 1 aromatic heterocycles. The molecule has 2 aliphatic rings. The van der Waals surface area contributed by atoms with E-state index in [0.717, 1.165) is 44.0 Å². The van der Waals surface area contributed by atoms with Crippen molar-refractivity contribution in [1.82, 2.24) is 20.1 Å². The third-order valence-electron chi connectivity index (χ3n) is 3.51. The highest BCUT2D eigenvalue weighted by Gasteiger charge is 2.22. The van der Waals surface area contributed by atoms with E-state index in [-0.39, 0.29) is 6.10 Å². The third-order valence-corrected chi connectivity index (χ3v) is 3.51. The number of nitrogens with one attached hydrogen (secondary N) is 1. The summed E-state index contributed by atoms with van der Waals surface area (Å²) in [6.07, 6.45) is 3.64. The van der Waals surface area contributed by atoms with Crippen molar-refractivity contribution >= 4 is 0 Å². The van der Waals surface area contributed by atoms with Crippen LogP contribution in [0.15, 0.2) is 0 Å². The number of rotatable bonds is 2. The van der Waals surface area contributed by atoms with E-state index in [2.05, 4.69) is 15.4 Å². The highest BCUT2D eigenvalue weighted by molar-refractivity contribution is 4.98. The molecular formula is C11H18N4O. The number of aliphatic hydroxyl groups is 1. The molecule has 2 atom stereocenters. The average molecular weight is 222 g/mol. The SMILES string of the molecule is OC1CCc2nc(CC3CCNC3)nn2C1. The highest BCUT2D eigenvalue weighted by Crippen LogP contribution is 2.16. The summed E-state index contributed by atoms with van der Waals surface area (Å²) >= 11 is 0. The summed E-state index contributed by atoms with van der Waals surface area (Å²) in [6, 6.07) is 0. The fourth-order valence-corrected chi connectivity index (χ4v) is 2.58. The van der Waals surface area contributed by atoms with E-state index in [1.165, 1.54) is 6.42 Å². The lowest BCUT2D eigenvalue weighted by Gasteiger charge is -2.16. The number of hydrogen-bond acceptors (Lipinski definition) is 4. The lowest BCUT2D eigenvalue weighted by atomic mass is 10.1. The molecular weight excluding hydrogens is 204 g/mol. The normalized spacial score (nSPS) is 29.3. The van der Waals surface area contributed by atoms with Gasteiger partial charge in [-0.1, -0.05) is 0 Å². The Labute approximate surface area is 94.9 Å². The lowest BCUT2D eigenvalue weighted by Crippen LogP contribution is -2.25. The molecule has 2 unspecified atom stereocenters. The minimum atomic E-state index is -0.241. The molecule has 2 N–H and O–H groups in total. The molecule has 1 aromatic rings. The smallest absolute Gasteiger partial charge is 0.151 e. The zero-order valence-electron chi connectivity index (χ0n) is 9.39. The number of aromatic nitrogens is 3. The maximum atomic E-state index is 9.55. The predicted molar refractivity (Wildman–Crippen MR) is 59.0 cm³/mol. The summed E-state index contributed by atoms with van der Waals surface area (Å²) in [5.74, 6) is 2.69. The minimum absolute atomic E-state index is 0.241. The summed E-state index contributed by atoms with van der Waals surface area (Å²) in [6.45, 7) is 2.83. The van der Waals surface area contributed by atoms with Crippen LogP contribution in [-0.2, 0) is 19.4 Å². The Morgan fingerprint density at radius 1 is 1.44 bits per heavy atom. The van der Waals surface area contributed by atoms with Gasteiger partial charge < -0.3 is 10.4 Å². The first kappa shape index (κ1) is 10.2. The van der Waals surface area contributed by atoms with Gasteiger partial charge in [-0.2, -0.15) is 5.10 Å². The van der Waals surface area contributed by atoms with E-state index in [1.54, 1.807) is 0 Å². The number of fused-ring (bicyclic) bond motifs is 1. The summed E-state index contributed by atoms with van der Waals surface area (Å²) < 4.78 is 1.88.